The number of carbonyl (C=O) groups is 1. The number of nitrogens with zero attached hydrogens (tertiary/aromatic N) is 5. The summed E-state index contributed by atoms with van der Waals surface area (Å²) in [6.45, 7) is 2.03. The van der Waals surface area contributed by atoms with Crippen LogP contribution < -0.4 is 10.1 Å². The molecule has 8 heteroatoms. The SMILES string of the molecule is Cc1cccc(NC(=O)c2ccccc2OCc2nnnn2C)n1. The van der Waals surface area contributed by atoms with Crippen LogP contribution in [0.15, 0.2) is 42.5 Å². The molecule has 2 aromatic heterocycles. The number of hydrogen-bond donors (Lipinski definition) is 1. The molecule has 0 saturated carbocycles. The Morgan fingerprint density at radius 3 is 2.79 bits per heavy atom. The van der Waals surface area contributed by atoms with E-state index in [1.165, 1.54) is 4.68 Å². The van der Waals surface area contributed by atoms with Crippen molar-refractivity contribution < 1.29 is 9.53 Å². The minimum atomic E-state index is -0.292. The van der Waals surface area contributed by atoms with Gasteiger partial charge in [0.15, 0.2) is 5.82 Å². The fourth-order valence-corrected chi connectivity index (χ4v) is 2.09. The van der Waals surface area contributed by atoms with E-state index in [9.17, 15) is 4.79 Å². The van der Waals surface area contributed by atoms with Crippen molar-refractivity contribution in [3.05, 3.63) is 59.5 Å². The van der Waals surface area contributed by atoms with Crippen molar-refractivity contribution in [2.45, 2.75) is 13.5 Å². The van der Waals surface area contributed by atoms with Crippen molar-refractivity contribution in [3.63, 3.8) is 0 Å². The maximum absolute atomic E-state index is 12.5. The summed E-state index contributed by atoms with van der Waals surface area (Å²) in [7, 11) is 1.72. The lowest BCUT2D eigenvalue weighted by atomic mass is 10.2. The van der Waals surface area contributed by atoms with Crippen LogP contribution >= 0.6 is 0 Å². The molecule has 0 aliphatic carbocycles. The predicted molar refractivity (Wildman–Crippen MR) is 86.5 cm³/mol. The molecule has 1 N–H and O–H groups in total. The molecule has 1 amide bonds. The fourth-order valence-electron chi connectivity index (χ4n) is 2.09. The number of amides is 1. The Morgan fingerprint density at radius 2 is 2.04 bits per heavy atom. The minimum Gasteiger partial charge on any atom is -0.485 e. The quantitative estimate of drug-likeness (QED) is 0.768. The van der Waals surface area contributed by atoms with E-state index < -0.39 is 0 Å². The molecule has 3 rings (SSSR count). The number of nitrogens with one attached hydrogen (secondary N) is 1. The highest BCUT2D eigenvalue weighted by atomic mass is 16.5. The molecule has 0 bridgehead atoms. The minimum absolute atomic E-state index is 0.163. The van der Waals surface area contributed by atoms with Gasteiger partial charge in [-0.25, -0.2) is 9.67 Å². The molecule has 0 saturated heterocycles. The normalized spacial score (nSPS) is 10.4. The molecule has 122 valence electrons. The molecule has 24 heavy (non-hydrogen) atoms. The van der Waals surface area contributed by atoms with Crippen LogP contribution in [-0.4, -0.2) is 31.1 Å². The number of tetrazole rings is 1. The fraction of sp³-hybridized carbons (Fsp3) is 0.188. The first-order valence-electron chi connectivity index (χ1n) is 7.31. The third kappa shape index (κ3) is 3.54. The number of benzene rings is 1. The van der Waals surface area contributed by atoms with Gasteiger partial charge in [-0.15, -0.1) is 5.10 Å². The Bertz CT molecular complexity index is 861. The van der Waals surface area contributed by atoms with Gasteiger partial charge in [0.2, 0.25) is 0 Å². The Balaban J connectivity index is 1.75. The molecule has 3 aromatic rings. The number of rotatable bonds is 5. The Morgan fingerprint density at radius 1 is 1.21 bits per heavy atom. The lowest BCUT2D eigenvalue weighted by Gasteiger charge is -2.11. The Kier molecular flexibility index (Phi) is 4.46. The molecular formula is C16H16N6O2. The summed E-state index contributed by atoms with van der Waals surface area (Å²) < 4.78 is 7.21. The first-order valence-corrected chi connectivity index (χ1v) is 7.31. The van der Waals surface area contributed by atoms with E-state index in [1.54, 1.807) is 37.4 Å². The van der Waals surface area contributed by atoms with E-state index >= 15 is 0 Å². The molecule has 0 atom stereocenters. The van der Waals surface area contributed by atoms with Crippen molar-refractivity contribution in [1.82, 2.24) is 25.2 Å². The van der Waals surface area contributed by atoms with Crippen LogP contribution in [0.5, 0.6) is 5.75 Å². The van der Waals surface area contributed by atoms with Gasteiger partial charge >= 0.3 is 0 Å². The summed E-state index contributed by atoms with van der Waals surface area (Å²) >= 11 is 0. The zero-order valence-electron chi connectivity index (χ0n) is 13.3. The lowest BCUT2D eigenvalue weighted by molar-refractivity contribution is 0.102. The molecule has 0 fully saturated rings. The van der Waals surface area contributed by atoms with E-state index in [2.05, 4.69) is 25.8 Å². The summed E-state index contributed by atoms with van der Waals surface area (Å²) in [6.07, 6.45) is 0. The van der Waals surface area contributed by atoms with Crippen LogP contribution in [0.1, 0.15) is 21.9 Å². The van der Waals surface area contributed by atoms with Crippen LogP contribution in [-0.2, 0) is 13.7 Å². The third-order valence-electron chi connectivity index (χ3n) is 3.33. The molecule has 0 aliphatic rings. The van der Waals surface area contributed by atoms with Gasteiger partial charge in [0.05, 0.1) is 5.56 Å². The average Bonchev–Trinajstić information content (AvgIpc) is 2.98. The molecule has 8 nitrogen and oxygen atoms in total. The number of hydrogen-bond acceptors (Lipinski definition) is 6. The average molecular weight is 324 g/mol. The number of anilines is 1. The zero-order chi connectivity index (χ0) is 16.9. The van der Waals surface area contributed by atoms with E-state index in [-0.39, 0.29) is 12.5 Å². The monoisotopic (exact) mass is 324 g/mol. The molecule has 0 radical (unpaired) electrons. The van der Waals surface area contributed by atoms with E-state index in [4.69, 9.17) is 4.74 Å². The van der Waals surface area contributed by atoms with Gasteiger partial charge in [-0.05, 0) is 41.6 Å². The van der Waals surface area contributed by atoms with E-state index in [0.29, 0.717) is 23.0 Å². The van der Waals surface area contributed by atoms with Gasteiger partial charge in [0, 0.05) is 12.7 Å². The van der Waals surface area contributed by atoms with E-state index in [1.807, 2.05) is 19.1 Å². The van der Waals surface area contributed by atoms with Crippen molar-refractivity contribution >= 4 is 11.7 Å². The van der Waals surface area contributed by atoms with Crippen LogP contribution in [0.25, 0.3) is 0 Å². The maximum Gasteiger partial charge on any atom is 0.260 e. The van der Waals surface area contributed by atoms with Gasteiger partial charge in [-0.2, -0.15) is 0 Å². The van der Waals surface area contributed by atoms with E-state index in [0.717, 1.165) is 5.69 Å². The van der Waals surface area contributed by atoms with Gasteiger partial charge in [0.25, 0.3) is 5.91 Å². The largest absolute Gasteiger partial charge is 0.485 e. The maximum atomic E-state index is 12.5. The van der Waals surface area contributed by atoms with Crippen molar-refractivity contribution in [2.75, 3.05) is 5.32 Å². The molecular weight excluding hydrogens is 308 g/mol. The number of para-hydroxylation sites is 1. The first kappa shape index (κ1) is 15.6. The number of aromatic nitrogens is 5. The summed E-state index contributed by atoms with van der Waals surface area (Å²) in [5, 5.41) is 13.9. The molecule has 0 unspecified atom stereocenters. The van der Waals surface area contributed by atoms with Gasteiger partial charge in [0.1, 0.15) is 18.2 Å². The zero-order valence-corrected chi connectivity index (χ0v) is 13.3. The topological polar surface area (TPSA) is 94.8 Å². The summed E-state index contributed by atoms with van der Waals surface area (Å²) in [6, 6.07) is 12.4. The van der Waals surface area contributed by atoms with Crippen molar-refractivity contribution in [1.29, 1.82) is 0 Å². The summed E-state index contributed by atoms with van der Waals surface area (Å²) in [5.41, 5.74) is 1.24. The molecule has 2 heterocycles. The van der Waals surface area contributed by atoms with Crippen LogP contribution in [0, 0.1) is 6.92 Å². The second-order valence-corrected chi connectivity index (χ2v) is 5.12. The van der Waals surface area contributed by atoms with Crippen LogP contribution in [0.3, 0.4) is 0 Å². The first-order chi connectivity index (χ1) is 11.6. The number of ether oxygens (including phenoxy) is 1. The smallest absolute Gasteiger partial charge is 0.260 e. The van der Waals surface area contributed by atoms with Crippen molar-refractivity contribution in [3.8, 4) is 5.75 Å². The highest BCUT2D eigenvalue weighted by Gasteiger charge is 2.14. The second kappa shape index (κ2) is 6.86. The third-order valence-corrected chi connectivity index (χ3v) is 3.33. The highest BCUT2D eigenvalue weighted by Crippen LogP contribution is 2.20. The van der Waals surface area contributed by atoms with Gasteiger partial charge in [-0.1, -0.05) is 18.2 Å². The standard InChI is InChI=1S/C16H16N6O2/c1-11-6-5-9-14(17-11)18-16(23)12-7-3-4-8-13(12)24-10-15-19-20-21-22(15)2/h3-9H,10H2,1-2H3,(H,17,18,23). The molecule has 0 spiro atoms. The number of carbonyl (C=O) groups excluding carboxylic acids is 1. The molecule has 1 aromatic carbocycles. The predicted octanol–water partition coefficient (Wildman–Crippen LogP) is 1.74. The van der Waals surface area contributed by atoms with Crippen LogP contribution in [0.2, 0.25) is 0 Å². The number of aryl methyl sites for hydroxylation is 2. The van der Waals surface area contributed by atoms with Crippen LogP contribution in [0.4, 0.5) is 5.82 Å². The van der Waals surface area contributed by atoms with Gasteiger partial charge in [-0.3, -0.25) is 4.79 Å². The Labute approximate surface area is 138 Å². The molecule has 0 aliphatic heterocycles. The summed E-state index contributed by atoms with van der Waals surface area (Å²) in [5.74, 6) is 1.21. The Hall–Kier alpha value is -3.29. The highest BCUT2D eigenvalue weighted by molar-refractivity contribution is 6.05. The lowest BCUT2D eigenvalue weighted by Crippen LogP contribution is -2.15. The number of pyridine rings is 1. The second-order valence-electron chi connectivity index (χ2n) is 5.12. The van der Waals surface area contributed by atoms with Crippen molar-refractivity contribution in [2.24, 2.45) is 7.05 Å². The van der Waals surface area contributed by atoms with Gasteiger partial charge < -0.3 is 10.1 Å². The summed E-state index contributed by atoms with van der Waals surface area (Å²) in [4.78, 5) is 16.8.